The first-order chi connectivity index (χ1) is 13.6. The number of rotatable bonds is 3. The van der Waals surface area contributed by atoms with Crippen molar-refractivity contribution in [2.45, 2.75) is 19.8 Å². The number of dihydropyridines is 1. The van der Waals surface area contributed by atoms with Gasteiger partial charge in [0.1, 0.15) is 0 Å². The third kappa shape index (κ3) is 3.14. The van der Waals surface area contributed by atoms with E-state index in [1.807, 2.05) is 0 Å². The first kappa shape index (κ1) is 11.6. The molecule has 7 heteroatoms. The Morgan fingerprint density at radius 1 is 1.08 bits per heavy atom. The van der Waals surface area contributed by atoms with E-state index in [0.717, 1.165) is 0 Å². The smallest absolute Gasteiger partial charge is 0.336 e. The lowest BCUT2D eigenvalue weighted by molar-refractivity contribution is -0.137. The van der Waals surface area contributed by atoms with Gasteiger partial charge >= 0.3 is 11.9 Å². The highest BCUT2D eigenvalue weighted by Gasteiger charge is 2.38. The summed E-state index contributed by atoms with van der Waals surface area (Å²) in [5.41, 5.74) is 0.0394. The molecule has 0 unspecified atom stereocenters. The van der Waals surface area contributed by atoms with Crippen LogP contribution < -0.4 is 5.32 Å². The number of halogens is 2. The van der Waals surface area contributed by atoms with Crippen LogP contribution in [0.15, 0.2) is 40.7 Å². The van der Waals surface area contributed by atoms with Gasteiger partial charge in [0.25, 0.3) is 0 Å². The molecule has 1 aromatic carbocycles. The lowest BCUT2D eigenvalue weighted by atomic mass is 9.80. The van der Waals surface area contributed by atoms with E-state index in [4.69, 9.17) is 31.4 Å². The van der Waals surface area contributed by atoms with Crippen molar-refractivity contribution in [1.82, 2.24) is 5.32 Å². The van der Waals surface area contributed by atoms with E-state index < -0.39 is 31.9 Å². The van der Waals surface area contributed by atoms with Gasteiger partial charge in [-0.15, -0.1) is 0 Å². The van der Waals surface area contributed by atoms with Crippen LogP contribution in [-0.4, -0.2) is 26.0 Å². The van der Waals surface area contributed by atoms with Gasteiger partial charge in [-0.05, 0) is 25.5 Å². The van der Waals surface area contributed by atoms with Gasteiger partial charge in [-0.3, -0.25) is 0 Å². The Hall–Kier alpha value is -1.98. The number of benzene rings is 1. The summed E-state index contributed by atoms with van der Waals surface area (Å²) < 4.78 is 52.3. The van der Waals surface area contributed by atoms with Crippen LogP contribution in [0, 0.1) is 0 Å². The molecule has 0 bridgehead atoms. The molecule has 0 spiro atoms. The molecule has 0 atom stereocenters. The molecule has 0 radical (unpaired) electrons. The second kappa shape index (κ2) is 7.28. The minimum absolute atomic E-state index is 0.00923. The number of allylic oxidation sites excluding steroid dienone is 2. The first-order valence-electron chi connectivity index (χ1n) is 9.71. The van der Waals surface area contributed by atoms with Crippen molar-refractivity contribution in [2.75, 3.05) is 14.1 Å². The molecule has 0 fully saturated rings. The Kier molecular flexibility index (Phi) is 3.50. The lowest BCUT2D eigenvalue weighted by Crippen LogP contribution is -2.32. The summed E-state index contributed by atoms with van der Waals surface area (Å²) >= 11 is 12.4. The number of nitrogens with one attached hydrogen (secondary N) is 1. The summed E-state index contributed by atoms with van der Waals surface area (Å²) in [7, 11) is -6.11. The van der Waals surface area contributed by atoms with Gasteiger partial charge in [-0.1, -0.05) is 35.3 Å². The van der Waals surface area contributed by atoms with E-state index in [9.17, 15) is 9.59 Å². The summed E-state index contributed by atoms with van der Waals surface area (Å²) in [5, 5.41) is 2.86. The quantitative estimate of drug-likeness (QED) is 0.644. The highest BCUT2D eigenvalue weighted by molar-refractivity contribution is 6.42. The molecule has 2 rings (SSSR count). The Morgan fingerprint density at radius 2 is 1.62 bits per heavy atom. The third-order valence-corrected chi connectivity index (χ3v) is 4.51. The molecule has 0 saturated heterocycles. The summed E-state index contributed by atoms with van der Waals surface area (Å²) in [5.74, 6) is -3.78. The van der Waals surface area contributed by atoms with E-state index in [2.05, 4.69) is 14.8 Å². The predicted octanol–water partition coefficient (Wildman–Crippen LogP) is 3.57. The Balaban J connectivity index is 2.72. The molecule has 128 valence electrons. The fraction of sp³-hybridized carbons (Fsp3) is 0.294. The van der Waals surface area contributed by atoms with Crippen molar-refractivity contribution in [3.05, 3.63) is 56.3 Å². The molecular weight excluding hydrogens is 355 g/mol. The van der Waals surface area contributed by atoms with Crippen LogP contribution >= 0.6 is 23.2 Å². The van der Waals surface area contributed by atoms with Gasteiger partial charge in [0.2, 0.25) is 0 Å². The zero-order valence-electron chi connectivity index (χ0n) is 18.7. The molecule has 1 aliphatic heterocycles. The van der Waals surface area contributed by atoms with Gasteiger partial charge in [-0.25, -0.2) is 9.59 Å². The van der Waals surface area contributed by atoms with Crippen molar-refractivity contribution < 1.29 is 27.3 Å². The Morgan fingerprint density at radius 3 is 2.12 bits per heavy atom. The molecule has 1 aliphatic rings. The number of methoxy groups -OCH3 is 2. The van der Waals surface area contributed by atoms with Crippen molar-refractivity contribution in [3.8, 4) is 0 Å². The highest BCUT2D eigenvalue weighted by Crippen LogP contribution is 2.43. The number of ether oxygens (including phenoxy) is 2. The van der Waals surface area contributed by atoms with Crippen molar-refractivity contribution in [2.24, 2.45) is 0 Å². The van der Waals surface area contributed by atoms with E-state index in [0.29, 0.717) is 0 Å². The standard InChI is InChI=1S/C17H17Cl2NO4/c1-8-12(16(21)23-3)14(10-6-5-7-11(18)15(10)19)13(9(2)20-8)17(22)24-4/h5-7,14,20H,1-4H3/i3+1D3,4+1D3. The summed E-state index contributed by atoms with van der Waals surface area (Å²) in [6.45, 7) is 2.94. The molecule has 1 N–H and O–H groups in total. The lowest BCUT2D eigenvalue weighted by Gasteiger charge is -2.30. The molecule has 5 nitrogen and oxygen atoms in total. The average molecular weight is 378 g/mol. The highest BCUT2D eigenvalue weighted by atomic mass is 35.5. The zero-order valence-corrected chi connectivity index (χ0v) is 14.2. The number of hydrogen-bond donors (Lipinski definition) is 1. The van der Waals surface area contributed by atoms with Crippen LogP contribution in [0.3, 0.4) is 0 Å². The predicted molar refractivity (Wildman–Crippen MR) is 91.8 cm³/mol. The van der Waals surface area contributed by atoms with Gasteiger partial charge in [0.05, 0.1) is 49.4 Å². The Bertz CT molecular complexity index is 903. The minimum atomic E-state index is -3.05. The maximum Gasteiger partial charge on any atom is 0.336 e. The minimum Gasteiger partial charge on any atom is -0.466 e. The average Bonchev–Trinajstić information content (AvgIpc) is 2.53. The zero-order chi connectivity index (χ0) is 23.0. The maximum atomic E-state index is 12.7. The Labute approximate surface area is 158 Å². The van der Waals surface area contributed by atoms with E-state index in [1.54, 1.807) is 0 Å². The third-order valence-electron chi connectivity index (χ3n) is 3.68. The van der Waals surface area contributed by atoms with Crippen LogP contribution in [-0.2, 0) is 19.1 Å². The molecule has 24 heavy (non-hydrogen) atoms. The summed E-state index contributed by atoms with van der Waals surface area (Å²) in [6, 6.07) is 4.45. The van der Waals surface area contributed by atoms with Crippen LogP contribution in [0.25, 0.3) is 0 Å². The molecule has 1 heterocycles. The fourth-order valence-electron chi connectivity index (χ4n) is 2.70. The molecule has 0 amide bonds. The van der Waals surface area contributed by atoms with E-state index in [-0.39, 0.29) is 38.1 Å². The number of carbonyl (C=O) groups excluding carboxylic acids is 2. The largest absolute Gasteiger partial charge is 0.466 e. The van der Waals surface area contributed by atoms with Gasteiger partial charge in [-0.2, -0.15) is 0 Å². The number of carbonyl (C=O) groups is 2. The van der Waals surface area contributed by atoms with Gasteiger partial charge in [0.15, 0.2) is 0 Å². The molecule has 1 aromatic rings. The normalized spacial score (nSPS) is 20.0. The monoisotopic (exact) mass is 377 g/mol. The summed E-state index contributed by atoms with van der Waals surface area (Å²) in [6.07, 6.45) is 0. The van der Waals surface area contributed by atoms with Crippen molar-refractivity contribution >= 4 is 35.1 Å². The van der Waals surface area contributed by atoms with Crippen LogP contribution in [0.5, 0.6) is 0 Å². The van der Waals surface area contributed by atoms with E-state index >= 15 is 0 Å². The van der Waals surface area contributed by atoms with Gasteiger partial charge < -0.3 is 14.8 Å². The molecule has 0 aromatic heterocycles. The number of hydrogen-bond acceptors (Lipinski definition) is 5. The fourth-order valence-corrected chi connectivity index (χ4v) is 3.12. The molecule has 0 saturated carbocycles. The van der Waals surface area contributed by atoms with E-state index in [1.165, 1.54) is 32.0 Å². The van der Waals surface area contributed by atoms with Crippen LogP contribution in [0.2, 0.25) is 10.0 Å². The topological polar surface area (TPSA) is 64.6 Å². The van der Waals surface area contributed by atoms with Crippen LogP contribution in [0.4, 0.5) is 0 Å². The second-order valence-corrected chi connectivity index (χ2v) is 5.84. The van der Waals surface area contributed by atoms with Crippen molar-refractivity contribution in [3.63, 3.8) is 0 Å². The number of esters is 2. The SMILES string of the molecule is [2H][13C]([2H])([2H])OC(=O)C1=C(C)NC(C)=C(C(=O)O[13C]([2H])([2H])[2H])C1c1cccc(Cl)c1Cl. The molecular formula is C17H17Cl2NO4. The maximum absolute atomic E-state index is 12.7. The van der Waals surface area contributed by atoms with Crippen LogP contribution in [0.1, 0.15) is 33.6 Å². The molecule has 0 aliphatic carbocycles. The second-order valence-electron chi connectivity index (χ2n) is 5.06. The van der Waals surface area contributed by atoms with Crippen molar-refractivity contribution in [1.29, 1.82) is 0 Å². The summed E-state index contributed by atoms with van der Waals surface area (Å²) in [4.78, 5) is 25.4. The van der Waals surface area contributed by atoms with Gasteiger partial charge in [0, 0.05) is 11.4 Å². The first-order valence-corrected chi connectivity index (χ1v) is 7.47.